The van der Waals surface area contributed by atoms with Crippen molar-refractivity contribution in [3.05, 3.63) is 94.5 Å². The molecule has 1 saturated carbocycles. The molecule has 3 aliphatic rings. The van der Waals surface area contributed by atoms with Crippen LogP contribution in [0, 0.1) is 0 Å². The molecule has 4 amide bonds. The Balaban J connectivity index is 1.28. The van der Waals surface area contributed by atoms with Gasteiger partial charge in [0, 0.05) is 40.7 Å². The lowest BCUT2D eigenvalue weighted by Crippen LogP contribution is -2.52. The molecule has 11 heteroatoms. The van der Waals surface area contributed by atoms with Crippen LogP contribution in [0.3, 0.4) is 0 Å². The van der Waals surface area contributed by atoms with E-state index >= 15 is 0 Å². The number of benzene rings is 3. The van der Waals surface area contributed by atoms with E-state index in [0.717, 1.165) is 5.56 Å². The largest absolute Gasteiger partial charge is 0.465 e. The molecule has 2 fully saturated rings. The number of amides is 4. The van der Waals surface area contributed by atoms with Crippen LogP contribution < -0.4 is 16.0 Å². The number of hydrogen-bond acceptors (Lipinski definition) is 5. The van der Waals surface area contributed by atoms with Gasteiger partial charge >= 0.3 is 12.2 Å². The van der Waals surface area contributed by atoms with Gasteiger partial charge in [-0.3, -0.25) is 20.2 Å². The fourth-order valence-electron chi connectivity index (χ4n) is 5.79. The highest BCUT2D eigenvalue weighted by atomic mass is 35.5. The summed E-state index contributed by atoms with van der Waals surface area (Å²) in [5, 5.41) is 17.3. The van der Waals surface area contributed by atoms with Crippen molar-refractivity contribution in [2.45, 2.75) is 29.9 Å². The van der Waals surface area contributed by atoms with Crippen molar-refractivity contribution in [3.8, 4) is 0 Å². The lowest BCUT2D eigenvalue weighted by Gasteiger charge is -2.36. The molecule has 0 radical (unpaired) electrons. The monoisotopic (exact) mass is 560 g/mol. The van der Waals surface area contributed by atoms with Crippen molar-refractivity contribution in [1.29, 1.82) is 0 Å². The maximum atomic E-state index is 14.2. The first-order valence-corrected chi connectivity index (χ1v) is 13.1. The minimum absolute atomic E-state index is 0.126. The van der Waals surface area contributed by atoms with E-state index in [9.17, 15) is 19.2 Å². The summed E-state index contributed by atoms with van der Waals surface area (Å²) in [4.78, 5) is 52.5. The van der Waals surface area contributed by atoms with Gasteiger partial charge in [0.2, 0.25) is 5.91 Å². The summed E-state index contributed by atoms with van der Waals surface area (Å²) in [6.45, 7) is 0.452. The molecule has 0 aromatic heterocycles. The van der Waals surface area contributed by atoms with Gasteiger partial charge in [0.05, 0.1) is 12.2 Å². The van der Waals surface area contributed by atoms with Crippen LogP contribution in [0.2, 0.25) is 5.02 Å². The molecule has 40 heavy (non-hydrogen) atoms. The molecule has 0 bridgehead atoms. The zero-order valence-electron chi connectivity index (χ0n) is 21.1. The van der Waals surface area contributed by atoms with Crippen LogP contribution in [-0.2, 0) is 15.1 Å². The Morgan fingerprint density at radius 3 is 2.52 bits per heavy atom. The summed E-state index contributed by atoms with van der Waals surface area (Å²) < 4.78 is 5.79. The average Bonchev–Trinajstić information content (AvgIpc) is 3.51. The predicted octanol–water partition coefficient (Wildman–Crippen LogP) is 4.78. The van der Waals surface area contributed by atoms with Crippen molar-refractivity contribution >= 4 is 47.0 Å². The molecule has 1 saturated heterocycles. The number of fused-ring (bicyclic) bond motifs is 2. The second-order valence-electron chi connectivity index (χ2n) is 10.3. The van der Waals surface area contributed by atoms with Gasteiger partial charge in [-0.1, -0.05) is 41.9 Å². The summed E-state index contributed by atoms with van der Waals surface area (Å²) >= 11 is 6.26. The lowest BCUT2D eigenvalue weighted by molar-refractivity contribution is -0.134. The molecule has 6 rings (SSSR count). The van der Waals surface area contributed by atoms with E-state index in [1.165, 1.54) is 24.3 Å². The van der Waals surface area contributed by atoms with Crippen LogP contribution in [0.4, 0.5) is 21.0 Å². The van der Waals surface area contributed by atoms with Gasteiger partial charge in [-0.15, -0.1) is 0 Å². The standard InChI is InChI=1S/C29H25ClN4O6/c30-19-8-11-23-21(14-19)28(40-27(39)32-23)12-13-34(16-28)25(36)29(15-22(29)17-4-2-1-3-5-17)33-24(35)18-6-9-20(10-7-18)31-26(37)38/h1-11,14,22,31H,12-13,15-16H2,(H,32,39)(H,33,35)(H,37,38)/t22-,28?,29+/m1/s1. The number of carboxylic acid groups (broad SMARTS) is 1. The highest BCUT2D eigenvalue weighted by Gasteiger charge is 2.64. The number of carbonyl (C=O) groups excluding carboxylic acids is 3. The summed E-state index contributed by atoms with van der Waals surface area (Å²) in [5.74, 6) is -0.950. The SMILES string of the molecule is O=C(O)Nc1ccc(C(=O)N[C@@]2(C(=O)N3CCC4(C3)OC(=O)Nc3ccc(Cl)cc34)C[C@@H]2c2ccccc2)cc1. The molecule has 10 nitrogen and oxygen atoms in total. The van der Waals surface area contributed by atoms with Gasteiger partial charge in [-0.05, 0) is 54.4 Å². The fraction of sp³-hybridized carbons (Fsp3) is 0.241. The minimum Gasteiger partial charge on any atom is -0.465 e. The molecule has 4 N–H and O–H groups in total. The Hall–Kier alpha value is -4.57. The highest BCUT2D eigenvalue weighted by molar-refractivity contribution is 6.30. The van der Waals surface area contributed by atoms with Crippen LogP contribution in [0.1, 0.15) is 40.2 Å². The second kappa shape index (κ2) is 9.56. The van der Waals surface area contributed by atoms with Gasteiger partial charge in [0.1, 0.15) is 5.54 Å². The van der Waals surface area contributed by atoms with Crippen LogP contribution in [-0.4, -0.2) is 52.6 Å². The summed E-state index contributed by atoms with van der Waals surface area (Å²) in [7, 11) is 0. The van der Waals surface area contributed by atoms with Gasteiger partial charge in [-0.2, -0.15) is 0 Å². The first-order valence-electron chi connectivity index (χ1n) is 12.8. The Morgan fingerprint density at radius 1 is 1.05 bits per heavy atom. The van der Waals surface area contributed by atoms with Crippen molar-refractivity contribution < 1.29 is 29.0 Å². The van der Waals surface area contributed by atoms with E-state index in [1.807, 2.05) is 30.3 Å². The average molecular weight is 561 g/mol. The van der Waals surface area contributed by atoms with Crippen LogP contribution >= 0.6 is 11.6 Å². The van der Waals surface area contributed by atoms with E-state index < -0.39 is 29.2 Å². The van der Waals surface area contributed by atoms with Gasteiger partial charge in [0.15, 0.2) is 5.60 Å². The van der Waals surface area contributed by atoms with E-state index in [-0.39, 0.29) is 23.9 Å². The van der Waals surface area contributed by atoms with Gasteiger partial charge < -0.3 is 20.1 Å². The summed E-state index contributed by atoms with van der Waals surface area (Å²) in [6.07, 6.45) is -1.01. The zero-order valence-corrected chi connectivity index (χ0v) is 21.9. The first kappa shape index (κ1) is 25.7. The molecule has 2 heterocycles. The quantitative estimate of drug-likeness (QED) is 0.354. The topological polar surface area (TPSA) is 137 Å². The Bertz CT molecular complexity index is 1530. The Labute approximate surface area is 234 Å². The molecule has 3 atom stereocenters. The molecule has 3 aromatic carbocycles. The lowest BCUT2D eigenvalue weighted by atomic mass is 9.90. The number of carbonyl (C=O) groups is 4. The van der Waals surface area contributed by atoms with Crippen molar-refractivity contribution in [2.24, 2.45) is 0 Å². The van der Waals surface area contributed by atoms with Crippen LogP contribution in [0.5, 0.6) is 0 Å². The van der Waals surface area contributed by atoms with Crippen molar-refractivity contribution in [3.63, 3.8) is 0 Å². The smallest absolute Gasteiger partial charge is 0.412 e. The third-order valence-corrected chi connectivity index (χ3v) is 8.03. The summed E-state index contributed by atoms with van der Waals surface area (Å²) in [6, 6.07) is 20.6. The second-order valence-corrected chi connectivity index (χ2v) is 10.7. The molecular formula is C29H25ClN4O6. The predicted molar refractivity (Wildman–Crippen MR) is 147 cm³/mol. The Morgan fingerprint density at radius 2 is 1.80 bits per heavy atom. The molecule has 1 spiro atoms. The summed E-state index contributed by atoms with van der Waals surface area (Å²) in [5.41, 5.74) is 0.601. The Kier molecular flexibility index (Phi) is 6.14. The van der Waals surface area contributed by atoms with E-state index in [2.05, 4.69) is 16.0 Å². The minimum atomic E-state index is -1.21. The number of rotatable bonds is 5. The van der Waals surface area contributed by atoms with E-state index in [4.69, 9.17) is 21.4 Å². The van der Waals surface area contributed by atoms with Gasteiger partial charge in [-0.25, -0.2) is 9.59 Å². The maximum absolute atomic E-state index is 14.2. The number of ether oxygens (including phenoxy) is 1. The molecule has 204 valence electrons. The van der Waals surface area contributed by atoms with Crippen molar-refractivity contribution in [2.75, 3.05) is 23.7 Å². The normalized spacial score (nSPS) is 24.5. The third-order valence-electron chi connectivity index (χ3n) is 7.80. The van der Waals surface area contributed by atoms with Crippen LogP contribution in [0.25, 0.3) is 0 Å². The number of nitrogens with one attached hydrogen (secondary N) is 3. The number of likely N-dealkylation sites (tertiary alicyclic amines) is 1. The van der Waals surface area contributed by atoms with Crippen LogP contribution in [0.15, 0.2) is 72.8 Å². The van der Waals surface area contributed by atoms with Gasteiger partial charge in [0.25, 0.3) is 5.91 Å². The maximum Gasteiger partial charge on any atom is 0.412 e. The molecule has 3 aromatic rings. The van der Waals surface area contributed by atoms with E-state index in [0.29, 0.717) is 41.3 Å². The number of anilines is 2. The van der Waals surface area contributed by atoms with E-state index in [1.54, 1.807) is 23.1 Å². The number of hydrogen-bond donors (Lipinski definition) is 4. The molecule has 2 aliphatic heterocycles. The molecular weight excluding hydrogens is 536 g/mol. The molecule has 1 aliphatic carbocycles. The first-order chi connectivity index (χ1) is 19.2. The fourth-order valence-corrected chi connectivity index (χ4v) is 5.96. The third kappa shape index (κ3) is 4.50. The number of halogens is 1. The highest BCUT2D eigenvalue weighted by Crippen LogP contribution is 2.54. The van der Waals surface area contributed by atoms with Crippen molar-refractivity contribution in [1.82, 2.24) is 10.2 Å². The molecule has 1 unspecified atom stereocenters. The number of nitrogens with zero attached hydrogens (tertiary/aromatic N) is 1. The zero-order chi connectivity index (χ0) is 28.1.